The lowest BCUT2D eigenvalue weighted by atomic mass is 9.79. The molecule has 18 heavy (non-hydrogen) atoms. The van der Waals surface area contributed by atoms with Gasteiger partial charge < -0.3 is 10.8 Å². The van der Waals surface area contributed by atoms with Crippen LogP contribution in [0.3, 0.4) is 0 Å². The molecule has 1 rings (SSSR count). The van der Waals surface area contributed by atoms with Crippen LogP contribution in [-0.4, -0.2) is 37.7 Å². The van der Waals surface area contributed by atoms with Crippen LogP contribution in [0.15, 0.2) is 0 Å². The third-order valence-corrected chi connectivity index (χ3v) is 5.95. The zero-order chi connectivity index (χ0) is 13.6. The molecule has 1 aliphatic rings. The van der Waals surface area contributed by atoms with Crippen molar-refractivity contribution in [3.05, 3.63) is 0 Å². The Hall–Kier alpha value is -0.130. The van der Waals surface area contributed by atoms with Crippen LogP contribution < -0.4 is 5.73 Å². The number of unbranched alkanes of at least 4 members (excludes halogenated alkanes) is 4. The fourth-order valence-corrected chi connectivity index (χ4v) is 4.94. The van der Waals surface area contributed by atoms with Crippen LogP contribution in [0.4, 0.5) is 0 Å². The minimum absolute atomic E-state index is 0.0621. The molecule has 2 unspecified atom stereocenters. The average molecular weight is 277 g/mol. The van der Waals surface area contributed by atoms with Crippen LogP contribution in [0.25, 0.3) is 0 Å². The van der Waals surface area contributed by atoms with Gasteiger partial charge in [0.15, 0.2) is 9.84 Å². The normalized spacial score (nSPS) is 28.4. The predicted molar refractivity (Wildman–Crippen MR) is 74.1 cm³/mol. The summed E-state index contributed by atoms with van der Waals surface area (Å²) in [4.78, 5) is 0. The number of nitrogens with two attached hydrogens (primary N) is 1. The standard InChI is InChI=1S/C13H27NO3S/c1-2-3-4-5-6-7-12(15)13(10-14)8-9-18(16,17)11-13/h12,15H,2-11,14H2,1H3. The fourth-order valence-electron chi connectivity index (χ4n) is 2.75. The Morgan fingerprint density at radius 3 is 2.44 bits per heavy atom. The first-order chi connectivity index (χ1) is 8.46. The first-order valence-electron chi connectivity index (χ1n) is 7.04. The van der Waals surface area contributed by atoms with Crippen molar-refractivity contribution in [2.75, 3.05) is 18.1 Å². The van der Waals surface area contributed by atoms with Gasteiger partial charge in [-0.2, -0.15) is 0 Å². The zero-order valence-corrected chi connectivity index (χ0v) is 12.2. The van der Waals surface area contributed by atoms with E-state index in [2.05, 4.69) is 6.92 Å². The average Bonchev–Trinajstić information content (AvgIpc) is 2.66. The molecule has 1 saturated heterocycles. The second kappa shape index (κ2) is 6.87. The number of rotatable bonds is 8. The molecule has 5 heteroatoms. The van der Waals surface area contributed by atoms with Gasteiger partial charge in [-0.25, -0.2) is 8.42 Å². The van der Waals surface area contributed by atoms with Crippen LogP contribution in [0, 0.1) is 5.41 Å². The van der Waals surface area contributed by atoms with Gasteiger partial charge in [0.05, 0.1) is 17.6 Å². The SMILES string of the molecule is CCCCCCCC(O)C1(CN)CCS(=O)(=O)C1. The summed E-state index contributed by atoms with van der Waals surface area (Å²) in [6.45, 7) is 2.43. The molecule has 108 valence electrons. The van der Waals surface area contributed by atoms with E-state index in [4.69, 9.17) is 5.73 Å². The van der Waals surface area contributed by atoms with Gasteiger partial charge in [0.25, 0.3) is 0 Å². The van der Waals surface area contributed by atoms with Crippen molar-refractivity contribution in [2.45, 2.75) is 58.0 Å². The van der Waals surface area contributed by atoms with Gasteiger partial charge in [0.2, 0.25) is 0 Å². The van der Waals surface area contributed by atoms with Crippen LogP contribution in [0.5, 0.6) is 0 Å². The van der Waals surface area contributed by atoms with Gasteiger partial charge >= 0.3 is 0 Å². The Kier molecular flexibility index (Phi) is 6.08. The summed E-state index contributed by atoms with van der Waals surface area (Å²) >= 11 is 0. The maximum Gasteiger partial charge on any atom is 0.151 e. The third kappa shape index (κ3) is 4.21. The number of hydrogen-bond donors (Lipinski definition) is 2. The molecule has 0 amide bonds. The molecule has 0 spiro atoms. The Morgan fingerprint density at radius 2 is 1.94 bits per heavy atom. The van der Waals surface area contributed by atoms with Crippen LogP contribution in [0.2, 0.25) is 0 Å². The maximum atomic E-state index is 11.6. The highest BCUT2D eigenvalue weighted by Gasteiger charge is 2.45. The summed E-state index contributed by atoms with van der Waals surface area (Å²) in [6.07, 6.45) is 6.32. The molecule has 0 bridgehead atoms. The van der Waals surface area contributed by atoms with Crippen LogP contribution in [-0.2, 0) is 9.84 Å². The number of hydrogen-bond acceptors (Lipinski definition) is 4. The van der Waals surface area contributed by atoms with Crippen molar-refractivity contribution < 1.29 is 13.5 Å². The molecule has 3 N–H and O–H groups in total. The van der Waals surface area contributed by atoms with Gasteiger partial charge in [-0.15, -0.1) is 0 Å². The van der Waals surface area contributed by atoms with Crippen LogP contribution in [0.1, 0.15) is 51.9 Å². The predicted octanol–water partition coefficient (Wildman–Crippen LogP) is 1.47. The lowest BCUT2D eigenvalue weighted by molar-refractivity contribution is 0.0390. The van der Waals surface area contributed by atoms with Crippen LogP contribution >= 0.6 is 0 Å². The van der Waals surface area contributed by atoms with E-state index in [9.17, 15) is 13.5 Å². The van der Waals surface area contributed by atoms with Crippen molar-refractivity contribution in [2.24, 2.45) is 11.1 Å². The van der Waals surface area contributed by atoms with Crippen molar-refractivity contribution in [1.29, 1.82) is 0 Å². The molecular formula is C13H27NO3S. The molecule has 1 aliphatic heterocycles. The monoisotopic (exact) mass is 277 g/mol. The van der Waals surface area contributed by atoms with E-state index in [0.717, 1.165) is 12.8 Å². The first kappa shape index (κ1) is 15.9. The van der Waals surface area contributed by atoms with E-state index >= 15 is 0 Å². The summed E-state index contributed by atoms with van der Waals surface area (Å²) in [6, 6.07) is 0. The molecule has 0 aromatic carbocycles. The van der Waals surface area contributed by atoms with E-state index < -0.39 is 21.4 Å². The smallest absolute Gasteiger partial charge is 0.151 e. The van der Waals surface area contributed by atoms with Crippen molar-refractivity contribution >= 4 is 9.84 Å². The number of sulfone groups is 1. The second-order valence-electron chi connectivity index (χ2n) is 5.63. The number of aliphatic hydroxyl groups excluding tert-OH is 1. The van der Waals surface area contributed by atoms with Gasteiger partial charge in [-0.3, -0.25) is 0 Å². The summed E-state index contributed by atoms with van der Waals surface area (Å²) in [5, 5.41) is 10.2. The lowest BCUT2D eigenvalue weighted by Crippen LogP contribution is -2.43. The summed E-state index contributed by atoms with van der Waals surface area (Å²) in [7, 11) is -2.99. The Morgan fingerprint density at radius 1 is 1.28 bits per heavy atom. The highest BCUT2D eigenvalue weighted by molar-refractivity contribution is 7.91. The number of aliphatic hydroxyl groups is 1. The van der Waals surface area contributed by atoms with E-state index in [-0.39, 0.29) is 18.1 Å². The highest BCUT2D eigenvalue weighted by atomic mass is 32.2. The van der Waals surface area contributed by atoms with Gasteiger partial charge in [-0.05, 0) is 12.8 Å². The van der Waals surface area contributed by atoms with Crippen molar-refractivity contribution in [3.63, 3.8) is 0 Å². The molecule has 0 aliphatic carbocycles. The zero-order valence-electron chi connectivity index (χ0n) is 11.4. The lowest BCUT2D eigenvalue weighted by Gasteiger charge is -2.31. The summed E-state index contributed by atoms with van der Waals surface area (Å²) < 4.78 is 23.1. The minimum Gasteiger partial charge on any atom is -0.392 e. The topological polar surface area (TPSA) is 80.4 Å². The van der Waals surface area contributed by atoms with E-state index in [1.54, 1.807) is 0 Å². The molecule has 1 fully saturated rings. The van der Waals surface area contributed by atoms with Gasteiger partial charge in [0, 0.05) is 12.0 Å². The van der Waals surface area contributed by atoms with Gasteiger partial charge in [-0.1, -0.05) is 39.0 Å². The minimum atomic E-state index is -2.99. The molecule has 0 radical (unpaired) electrons. The molecule has 0 saturated carbocycles. The molecular weight excluding hydrogens is 250 g/mol. The highest BCUT2D eigenvalue weighted by Crippen LogP contribution is 2.36. The summed E-state index contributed by atoms with van der Waals surface area (Å²) in [5.74, 6) is 0.240. The Labute approximate surface area is 111 Å². The Balaban J connectivity index is 2.41. The molecule has 0 aromatic heterocycles. The fraction of sp³-hybridized carbons (Fsp3) is 1.00. The van der Waals surface area contributed by atoms with E-state index in [0.29, 0.717) is 12.8 Å². The maximum absolute atomic E-state index is 11.6. The summed E-state index contributed by atoms with van der Waals surface area (Å²) in [5.41, 5.74) is 5.14. The molecule has 4 nitrogen and oxygen atoms in total. The molecule has 1 heterocycles. The van der Waals surface area contributed by atoms with Gasteiger partial charge in [0.1, 0.15) is 0 Å². The first-order valence-corrected chi connectivity index (χ1v) is 8.86. The second-order valence-corrected chi connectivity index (χ2v) is 7.81. The molecule has 0 aromatic rings. The van der Waals surface area contributed by atoms with Crippen molar-refractivity contribution in [1.82, 2.24) is 0 Å². The van der Waals surface area contributed by atoms with E-state index in [1.807, 2.05) is 0 Å². The van der Waals surface area contributed by atoms with E-state index in [1.165, 1.54) is 19.3 Å². The molecule has 2 atom stereocenters. The van der Waals surface area contributed by atoms with Crippen molar-refractivity contribution in [3.8, 4) is 0 Å². The largest absolute Gasteiger partial charge is 0.392 e. The quantitative estimate of drug-likeness (QED) is 0.658. The third-order valence-electron chi connectivity index (χ3n) is 4.11. The Bertz CT molecular complexity index is 342.